The van der Waals surface area contributed by atoms with Gasteiger partial charge in [-0.25, -0.2) is 0 Å². The minimum atomic E-state index is 0.180. The maximum Gasteiger partial charge on any atom is 0.0487 e. The molecule has 0 aliphatic carbocycles. The Kier molecular flexibility index (Phi) is 6.34. The summed E-state index contributed by atoms with van der Waals surface area (Å²) in [6, 6.07) is 0. The molecule has 12 heavy (non-hydrogen) atoms. The molecule has 0 aromatic carbocycles. The quantitative estimate of drug-likeness (QED) is 0.562. The van der Waals surface area contributed by atoms with Crippen molar-refractivity contribution in [2.24, 2.45) is 11.1 Å². The lowest BCUT2D eigenvalue weighted by atomic mass is 9.90. The molecule has 0 heterocycles. The van der Waals surface area contributed by atoms with Gasteiger partial charge in [0.25, 0.3) is 0 Å². The van der Waals surface area contributed by atoms with E-state index in [0.717, 1.165) is 19.4 Å². The average Bonchev–Trinajstić information content (AvgIpc) is 2.04. The first-order valence-corrected chi connectivity index (χ1v) is 4.51. The van der Waals surface area contributed by atoms with Crippen molar-refractivity contribution >= 4 is 0 Å². The molecule has 0 rings (SSSR count). The van der Waals surface area contributed by atoms with Crippen LogP contribution in [-0.4, -0.2) is 31.5 Å². The van der Waals surface area contributed by atoms with E-state index in [2.05, 4.69) is 13.8 Å². The van der Waals surface area contributed by atoms with Gasteiger partial charge < -0.3 is 15.6 Å². The van der Waals surface area contributed by atoms with E-state index >= 15 is 0 Å². The highest BCUT2D eigenvalue weighted by Gasteiger charge is 2.14. The van der Waals surface area contributed by atoms with Gasteiger partial charge in [0.1, 0.15) is 0 Å². The highest BCUT2D eigenvalue weighted by molar-refractivity contribution is 4.68. The van der Waals surface area contributed by atoms with Crippen LogP contribution in [0, 0.1) is 5.41 Å². The zero-order valence-electron chi connectivity index (χ0n) is 8.18. The van der Waals surface area contributed by atoms with Crippen LogP contribution in [0.4, 0.5) is 0 Å². The number of hydrogen-bond acceptors (Lipinski definition) is 3. The summed E-state index contributed by atoms with van der Waals surface area (Å²) in [5, 5.41) is 8.47. The molecule has 0 fully saturated rings. The second kappa shape index (κ2) is 6.40. The van der Waals surface area contributed by atoms with Gasteiger partial charge in [-0.2, -0.15) is 0 Å². The fourth-order valence-electron chi connectivity index (χ4n) is 0.719. The molecule has 0 aromatic rings. The molecule has 0 atom stereocenters. The maximum atomic E-state index is 8.47. The Balaban J connectivity index is 3.19. The van der Waals surface area contributed by atoms with Gasteiger partial charge in [0.2, 0.25) is 0 Å². The van der Waals surface area contributed by atoms with E-state index < -0.39 is 0 Å². The Hall–Kier alpha value is -0.120. The molecule has 0 spiro atoms. The minimum Gasteiger partial charge on any atom is -0.396 e. The number of rotatable bonds is 7. The molecule has 74 valence electrons. The van der Waals surface area contributed by atoms with Gasteiger partial charge in [0, 0.05) is 19.8 Å². The highest BCUT2D eigenvalue weighted by atomic mass is 16.5. The van der Waals surface area contributed by atoms with Crippen LogP contribution in [0.1, 0.15) is 26.7 Å². The number of ether oxygens (including phenoxy) is 1. The van der Waals surface area contributed by atoms with Crippen LogP contribution in [0.5, 0.6) is 0 Å². The highest BCUT2D eigenvalue weighted by Crippen LogP contribution is 2.17. The van der Waals surface area contributed by atoms with Gasteiger partial charge in [0.05, 0.1) is 0 Å². The topological polar surface area (TPSA) is 55.5 Å². The monoisotopic (exact) mass is 175 g/mol. The Morgan fingerprint density at radius 2 is 2.00 bits per heavy atom. The zero-order chi connectivity index (χ0) is 9.45. The van der Waals surface area contributed by atoms with E-state index in [9.17, 15) is 0 Å². The van der Waals surface area contributed by atoms with Crippen molar-refractivity contribution in [1.82, 2.24) is 0 Å². The van der Waals surface area contributed by atoms with Gasteiger partial charge >= 0.3 is 0 Å². The predicted molar refractivity (Wildman–Crippen MR) is 50.0 cm³/mol. The third-order valence-corrected chi connectivity index (χ3v) is 1.92. The fourth-order valence-corrected chi connectivity index (χ4v) is 0.719. The molecule has 0 bridgehead atoms. The van der Waals surface area contributed by atoms with Gasteiger partial charge in [0.15, 0.2) is 0 Å². The summed E-state index contributed by atoms with van der Waals surface area (Å²) in [6.07, 6.45) is 1.71. The van der Waals surface area contributed by atoms with Crippen LogP contribution >= 0.6 is 0 Å². The molecule has 0 amide bonds. The second-order valence-electron chi connectivity index (χ2n) is 3.81. The van der Waals surface area contributed by atoms with E-state index in [4.69, 9.17) is 15.6 Å². The first-order valence-electron chi connectivity index (χ1n) is 4.51. The first-order chi connectivity index (χ1) is 5.62. The van der Waals surface area contributed by atoms with Crippen molar-refractivity contribution in [1.29, 1.82) is 0 Å². The van der Waals surface area contributed by atoms with Crippen molar-refractivity contribution in [2.75, 3.05) is 26.4 Å². The van der Waals surface area contributed by atoms with E-state index in [-0.39, 0.29) is 12.0 Å². The summed E-state index contributed by atoms with van der Waals surface area (Å²) in [6.45, 7) is 6.54. The number of nitrogens with two attached hydrogens (primary N) is 1. The Morgan fingerprint density at radius 1 is 1.33 bits per heavy atom. The van der Waals surface area contributed by atoms with Crippen molar-refractivity contribution in [3.8, 4) is 0 Å². The van der Waals surface area contributed by atoms with E-state index in [0.29, 0.717) is 13.2 Å². The van der Waals surface area contributed by atoms with Crippen molar-refractivity contribution < 1.29 is 9.84 Å². The summed E-state index contributed by atoms with van der Waals surface area (Å²) in [5.41, 5.74) is 5.73. The molecular weight excluding hydrogens is 154 g/mol. The second-order valence-corrected chi connectivity index (χ2v) is 3.81. The van der Waals surface area contributed by atoms with Crippen LogP contribution in [0.15, 0.2) is 0 Å². The van der Waals surface area contributed by atoms with E-state index in [1.54, 1.807) is 0 Å². The molecule has 0 aliphatic rings. The smallest absolute Gasteiger partial charge is 0.0487 e. The summed E-state index contributed by atoms with van der Waals surface area (Å²) in [5.74, 6) is 0. The van der Waals surface area contributed by atoms with Crippen LogP contribution < -0.4 is 5.73 Å². The normalized spacial score (nSPS) is 12.0. The Morgan fingerprint density at radius 3 is 2.50 bits per heavy atom. The predicted octanol–water partition coefficient (Wildman–Crippen LogP) is 0.760. The molecule has 0 aromatic heterocycles. The molecular formula is C9H21NO2. The van der Waals surface area contributed by atoms with Crippen molar-refractivity contribution in [3.63, 3.8) is 0 Å². The van der Waals surface area contributed by atoms with Crippen molar-refractivity contribution in [2.45, 2.75) is 26.7 Å². The lowest BCUT2D eigenvalue weighted by Crippen LogP contribution is -2.25. The fraction of sp³-hybridized carbons (Fsp3) is 1.00. The standard InChI is InChI=1S/C9H21NO2/c1-9(2,8-10)4-7-12-6-3-5-11/h11H,3-8,10H2,1-2H3. The lowest BCUT2D eigenvalue weighted by Gasteiger charge is -2.21. The molecule has 3 heteroatoms. The minimum absolute atomic E-state index is 0.180. The van der Waals surface area contributed by atoms with Gasteiger partial charge in [-0.05, 0) is 24.8 Å². The average molecular weight is 175 g/mol. The third-order valence-electron chi connectivity index (χ3n) is 1.92. The summed E-state index contributed by atoms with van der Waals surface area (Å²) in [7, 11) is 0. The van der Waals surface area contributed by atoms with Crippen LogP contribution in [0.2, 0.25) is 0 Å². The summed E-state index contributed by atoms with van der Waals surface area (Å²) >= 11 is 0. The molecule has 0 unspecified atom stereocenters. The summed E-state index contributed by atoms with van der Waals surface area (Å²) < 4.78 is 5.30. The number of aliphatic hydroxyl groups excluding tert-OH is 1. The zero-order valence-corrected chi connectivity index (χ0v) is 8.18. The van der Waals surface area contributed by atoms with Gasteiger partial charge in [-0.15, -0.1) is 0 Å². The molecule has 3 N–H and O–H groups in total. The number of hydrogen-bond donors (Lipinski definition) is 2. The van der Waals surface area contributed by atoms with Crippen molar-refractivity contribution in [3.05, 3.63) is 0 Å². The van der Waals surface area contributed by atoms with Gasteiger partial charge in [-0.3, -0.25) is 0 Å². The SMILES string of the molecule is CC(C)(CN)CCOCCCO. The van der Waals surface area contributed by atoms with E-state index in [1.807, 2.05) is 0 Å². The summed E-state index contributed by atoms with van der Waals surface area (Å²) in [4.78, 5) is 0. The lowest BCUT2D eigenvalue weighted by molar-refractivity contribution is 0.0929. The Bertz CT molecular complexity index is 105. The van der Waals surface area contributed by atoms with Crippen LogP contribution in [0.3, 0.4) is 0 Å². The molecule has 0 aliphatic heterocycles. The molecule has 3 nitrogen and oxygen atoms in total. The molecule has 0 saturated carbocycles. The molecule has 0 radical (unpaired) electrons. The first kappa shape index (κ1) is 11.9. The maximum absolute atomic E-state index is 8.47. The van der Waals surface area contributed by atoms with Gasteiger partial charge in [-0.1, -0.05) is 13.8 Å². The van der Waals surface area contributed by atoms with E-state index in [1.165, 1.54) is 0 Å². The third kappa shape index (κ3) is 6.58. The van der Waals surface area contributed by atoms with Crippen LogP contribution in [-0.2, 0) is 4.74 Å². The van der Waals surface area contributed by atoms with Crippen LogP contribution in [0.25, 0.3) is 0 Å². The molecule has 0 saturated heterocycles. The Labute approximate surface area is 74.9 Å². The number of aliphatic hydroxyl groups is 1. The largest absolute Gasteiger partial charge is 0.396 e.